The van der Waals surface area contributed by atoms with Crippen LogP contribution in [0.4, 0.5) is 5.95 Å². The van der Waals surface area contributed by atoms with Crippen LogP contribution >= 0.6 is 0 Å². The molecule has 2 N–H and O–H groups in total. The number of nitrogens with one attached hydrogen (secondary N) is 2. The molecule has 1 aromatic carbocycles. The lowest BCUT2D eigenvalue weighted by Crippen LogP contribution is -2.38. The number of aromatic amines is 1. The highest BCUT2D eigenvalue weighted by Crippen LogP contribution is 2.11. The van der Waals surface area contributed by atoms with Crippen molar-refractivity contribution in [3.8, 4) is 0 Å². The molecule has 0 saturated carbocycles. The monoisotopic (exact) mass is 414 g/mol. The second-order valence-corrected chi connectivity index (χ2v) is 6.98. The van der Waals surface area contributed by atoms with Crippen molar-refractivity contribution in [3.05, 3.63) is 57.5 Å². The molecular formula is C21H26N4O5. The van der Waals surface area contributed by atoms with E-state index in [4.69, 9.17) is 9.47 Å². The highest BCUT2D eigenvalue weighted by molar-refractivity contribution is 5.82. The molecule has 0 bridgehead atoms. The lowest BCUT2D eigenvalue weighted by atomic mass is 10.1. The number of rotatable bonds is 8. The Morgan fingerprint density at radius 3 is 2.67 bits per heavy atom. The van der Waals surface area contributed by atoms with Crippen LogP contribution in [-0.4, -0.2) is 54.7 Å². The highest BCUT2D eigenvalue weighted by atomic mass is 16.5. The van der Waals surface area contributed by atoms with Crippen LogP contribution in [0.2, 0.25) is 0 Å². The predicted octanol–water partition coefficient (Wildman–Crippen LogP) is 0.707. The van der Waals surface area contributed by atoms with Gasteiger partial charge in [-0.15, -0.1) is 0 Å². The number of anilines is 1. The van der Waals surface area contributed by atoms with E-state index in [1.807, 2.05) is 35.2 Å². The number of carbonyl (C=O) groups is 2. The van der Waals surface area contributed by atoms with Crippen molar-refractivity contribution in [2.75, 3.05) is 37.7 Å². The summed E-state index contributed by atoms with van der Waals surface area (Å²) < 4.78 is 10.4. The van der Waals surface area contributed by atoms with Crippen LogP contribution in [0.3, 0.4) is 0 Å². The third kappa shape index (κ3) is 6.15. The second kappa shape index (κ2) is 10.5. The first-order valence-electron chi connectivity index (χ1n) is 9.91. The molecule has 9 heteroatoms. The molecule has 1 aliphatic rings. The molecule has 2 heterocycles. The highest BCUT2D eigenvalue weighted by Gasteiger charge is 2.17. The largest absolute Gasteiger partial charge is 0.460 e. The van der Waals surface area contributed by atoms with Gasteiger partial charge in [-0.25, -0.2) is 4.98 Å². The van der Waals surface area contributed by atoms with Gasteiger partial charge in [-0.2, -0.15) is 0 Å². The number of morpholine rings is 1. The van der Waals surface area contributed by atoms with E-state index in [0.29, 0.717) is 43.5 Å². The van der Waals surface area contributed by atoms with Gasteiger partial charge in [-0.1, -0.05) is 30.3 Å². The molecule has 2 aromatic rings. The maximum Gasteiger partial charge on any atom is 0.325 e. The molecule has 0 spiro atoms. The Morgan fingerprint density at radius 1 is 1.23 bits per heavy atom. The Balaban J connectivity index is 1.45. The van der Waals surface area contributed by atoms with Crippen LogP contribution in [0.25, 0.3) is 0 Å². The Kier molecular flexibility index (Phi) is 7.56. The van der Waals surface area contributed by atoms with Crippen LogP contribution in [0, 0.1) is 6.92 Å². The number of H-pyrrole nitrogens is 1. The zero-order chi connectivity index (χ0) is 21.3. The van der Waals surface area contributed by atoms with Gasteiger partial charge in [0.05, 0.1) is 13.2 Å². The molecular weight excluding hydrogens is 388 g/mol. The van der Waals surface area contributed by atoms with Gasteiger partial charge in [0.25, 0.3) is 5.56 Å². The number of amides is 1. The van der Waals surface area contributed by atoms with Crippen molar-refractivity contribution < 1.29 is 19.1 Å². The minimum Gasteiger partial charge on any atom is -0.460 e. The van der Waals surface area contributed by atoms with E-state index >= 15 is 0 Å². The van der Waals surface area contributed by atoms with Gasteiger partial charge in [0, 0.05) is 30.8 Å². The van der Waals surface area contributed by atoms with Gasteiger partial charge < -0.3 is 19.7 Å². The zero-order valence-electron chi connectivity index (χ0n) is 17.0. The summed E-state index contributed by atoms with van der Waals surface area (Å²) in [7, 11) is 0. The number of nitrogens with zero attached hydrogens (tertiary/aromatic N) is 2. The van der Waals surface area contributed by atoms with Gasteiger partial charge >= 0.3 is 5.97 Å². The van der Waals surface area contributed by atoms with Crippen molar-refractivity contribution in [3.63, 3.8) is 0 Å². The van der Waals surface area contributed by atoms with Crippen molar-refractivity contribution in [1.82, 2.24) is 15.3 Å². The Morgan fingerprint density at radius 2 is 1.97 bits per heavy atom. The quantitative estimate of drug-likeness (QED) is 0.612. The molecule has 0 atom stereocenters. The summed E-state index contributed by atoms with van der Waals surface area (Å²) in [6.45, 7) is 4.24. The maximum atomic E-state index is 12.4. The lowest BCUT2D eigenvalue weighted by Gasteiger charge is -2.27. The molecule has 0 aliphatic carbocycles. The Bertz CT molecular complexity index is 923. The minimum atomic E-state index is -0.516. The first-order valence-corrected chi connectivity index (χ1v) is 9.91. The van der Waals surface area contributed by atoms with E-state index < -0.39 is 5.97 Å². The fourth-order valence-electron chi connectivity index (χ4n) is 3.10. The van der Waals surface area contributed by atoms with Crippen LogP contribution in [0.1, 0.15) is 23.2 Å². The van der Waals surface area contributed by atoms with E-state index in [9.17, 15) is 14.4 Å². The van der Waals surface area contributed by atoms with Crippen molar-refractivity contribution in [1.29, 1.82) is 0 Å². The third-order valence-electron chi connectivity index (χ3n) is 4.79. The molecule has 0 unspecified atom stereocenters. The lowest BCUT2D eigenvalue weighted by molar-refractivity contribution is -0.145. The number of aryl methyl sites for hydroxylation is 1. The van der Waals surface area contributed by atoms with Crippen molar-refractivity contribution in [2.24, 2.45) is 0 Å². The van der Waals surface area contributed by atoms with Crippen LogP contribution in [-0.2, 0) is 32.1 Å². The van der Waals surface area contributed by atoms with Gasteiger partial charge in [-0.05, 0) is 18.9 Å². The average molecular weight is 414 g/mol. The molecule has 1 fully saturated rings. The van der Waals surface area contributed by atoms with E-state index in [2.05, 4.69) is 15.3 Å². The second-order valence-electron chi connectivity index (χ2n) is 6.98. The first-order chi connectivity index (χ1) is 14.5. The molecule has 1 aromatic heterocycles. The third-order valence-corrected chi connectivity index (χ3v) is 4.79. The standard InChI is InChI=1S/C21H26N4O5/c1-15-17(20(28)24-21(23-15)25-9-11-29-12-10-25)7-8-18(26)22-13-19(27)30-14-16-5-3-2-4-6-16/h2-6H,7-14H2,1H3,(H,22,26)(H,23,24,28). The molecule has 30 heavy (non-hydrogen) atoms. The van der Waals surface area contributed by atoms with E-state index in [0.717, 1.165) is 5.56 Å². The Labute approximate surface area is 174 Å². The number of ether oxygens (including phenoxy) is 2. The maximum absolute atomic E-state index is 12.4. The SMILES string of the molecule is Cc1nc(N2CCOCC2)[nH]c(=O)c1CCC(=O)NCC(=O)OCc1ccccc1. The van der Waals surface area contributed by atoms with Gasteiger partial charge in [0.2, 0.25) is 11.9 Å². The summed E-state index contributed by atoms with van der Waals surface area (Å²) >= 11 is 0. The van der Waals surface area contributed by atoms with Gasteiger partial charge in [0.15, 0.2) is 0 Å². The van der Waals surface area contributed by atoms with Crippen LogP contribution in [0.5, 0.6) is 0 Å². The molecule has 0 radical (unpaired) electrons. The predicted molar refractivity (Wildman–Crippen MR) is 110 cm³/mol. The number of carbonyl (C=O) groups excluding carboxylic acids is 2. The molecule has 160 valence electrons. The van der Waals surface area contributed by atoms with Crippen LogP contribution < -0.4 is 15.8 Å². The van der Waals surface area contributed by atoms with E-state index in [1.165, 1.54) is 0 Å². The summed E-state index contributed by atoms with van der Waals surface area (Å²) in [5.41, 5.74) is 1.68. The first kappa shape index (κ1) is 21.5. The molecule has 1 aliphatic heterocycles. The summed E-state index contributed by atoms with van der Waals surface area (Å²) in [4.78, 5) is 45.5. The molecule has 1 saturated heterocycles. The van der Waals surface area contributed by atoms with E-state index in [-0.39, 0.29) is 37.5 Å². The number of hydrogen-bond acceptors (Lipinski definition) is 7. The fraction of sp³-hybridized carbons (Fsp3) is 0.429. The normalized spacial score (nSPS) is 13.7. The summed E-state index contributed by atoms with van der Waals surface area (Å²) in [5.74, 6) is -0.323. The zero-order valence-corrected chi connectivity index (χ0v) is 17.0. The summed E-state index contributed by atoms with van der Waals surface area (Å²) in [6.07, 6.45) is 0.316. The molecule has 9 nitrogen and oxygen atoms in total. The van der Waals surface area contributed by atoms with Gasteiger partial charge in [-0.3, -0.25) is 19.4 Å². The van der Waals surface area contributed by atoms with Crippen LogP contribution in [0.15, 0.2) is 35.1 Å². The molecule has 1 amide bonds. The number of benzene rings is 1. The van der Waals surface area contributed by atoms with Gasteiger partial charge in [0.1, 0.15) is 13.2 Å². The van der Waals surface area contributed by atoms with Crippen molar-refractivity contribution >= 4 is 17.8 Å². The number of hydrogen-bond donors (Lipinski definition) is 2. The molecule has 3 rings (SSSR count). The summed E-state index contributed by atoms with van der Waals surface area (Å²) in [5, 5.41) is 2.52. The smallest absolute Gasteiger partial charge is 0.325 e. The Hall–Kier alpha value is -3.20. The summed E-state index contributed by atoms with van der Waals surface area (Å²) in [6, 6.07) is 9.30. The van der Waals surface area contributed by atoms with Crippen molar-refractivity contribution in [2.45, 2.75) is 26.4 Å². The fourth-order valence-corrected chi connectivity index (χ4v) is 3.10. The number of esters is 1. The topological polar surface area (TPSA) is 114 Å². The average Bonchev–Trinajstić information content (AvgIpc) is 2.77. The minimum absolute atomic E-state index is 0.0778. The number of aromatic nitrogens is 2. The van der Waals surface area contributed by atoms with E-state index in [1.54, 1.807) is 6.92 Å².